The highest BCUT2D eigenvalue weighted by atomic mass is 16.3. The molecule has 1 aromatic rings. The van der Waals surface area contributed by atoms with Gasteiger partial charge in [-0.1, -0.05) is 13.8 Å². The number of hydrogen-bond donors (Lipinski definition) is 2. The minimum atomic E-state index is -0.332. The zero-order valence-corrected chi connectivity index (χ0v) is 12.4. The van der Waals surface area contributed by atoms with Crippen molar-refractivity contribution in [3.63, 3.8) is 0 Å². The summed E-state index contributed by atoms with van der Waals surface area (Å²) >= 11 is 0. The summed E-state index contributed by atoms with van der Waals surface area (Å²) in [6.07, 6.45) is 6.01. The lowest BCUT2D eigenvalue weighted by Gasteiger charge is -2.10. The summed E-state index contributed by atoms with van der Waals surface area (Å²) < 4.78 is 1.98. The number of nitrogens with one attached hydrogen (secondary N) is 1. The predicted octanol–water partition coefficient (Wildman–Crippen LogP) is 2.06. The number of aliphatic hydroxyl groups is 1. The molecule has 1 unspecified atom stereocenters. The first-order valence-corrected chi connectivity index (χ1v) is 7.69. The fraction of sp³-hybridized carbons (Fsp3) is 0.733. The van der Waals surface area contributed by atoms with Crippen LogP contribution >= 0.6 is 0 Å². The van der Waals surface area contributed by atoms with Crippen LogP contribution in [-0.4, -0.2) is 33.4 Å². The van der Waals surface area contributed by atoms with Crippen molar-refractivity contribution in [2.45, 2.75) is 64.5 Å². The highest BCUT2D eigenvalue weighted by Crippen LogP contribution is 2.41. The van der Waals surface area contributed by atoms with Crippen molar-refractivity contribution in [1.82, 2.24) is 15.1 Å². The lowest BCUT2D eigenvalue weighted by Crippen LogP contribution is -2.27. The van der Waals surface area contributed by atoms with Crippen molar-refractivity contribution in [1.29, 1.82) is 0 Å². The summed E-state index contributed by atoms with van der Waals surface area (Å²) in [5.74, 6) is 0.448. The molecule has 5 heteroatoms. The summed E-state index contributed by atoms with van der Waals surface area (Å²) in [4.78, 5) is 12.2. The number of nitrogens with zero attached hydrogens (tertiary/aromatic N) is 2. The van der Waals surface area contributed by atoms with Crippen LogP contribution in [0.4, 0.5) is 0 Å². The second kappa shape index (κ2) is 6.88. The summed E-state index contributed by atoms with van der Waals surface area (Å²) in [6.45, 7) is 5.43. The summed E-state index contributed by atoms with van der Waals surface area (Å²) in [7, 11) is 0. The van der Waals surface area contributed by atoms with Gasteiger partial charge in [0.15, 0.2) is 0 Å². The Morgan fingerprint density at radius 3 is 2.90 bits per heavy atom. The Bertz CT molecular complexity index is 452. The van der Waals surface area contributed by atoms with Crippen LogP contribution in [0, 0.1) is 0 Å². The molecule has 0 bridgehead atoms. The molecule has 0 aliphatic heterocycles. The molecule has 1 fully saturated rings. The van der Waals surface area contributed by atoms with E-state index in [-0.39, 0.29) is 12.0 Å². The largest absolute Gasteiger partial charge is 0.393 e. The van der Waals surface area contributed by atoms with Gasteiger partial charge < -0.3 is 10.4 Å². The molecule has 1 aliphatic rings. The maximum Gasteiger partial charge on any atom is 0.254 e. The Morgan fingerprint density at radius 2 is 2.30 bits per heavy atom. The molecule has 20 heavy (non-hydrogen) atoms. The van der Waals surface area contributed by atoms with Crippen LogP contribution in [0.15, 0.2) is 6.20 Å². The molecule has 1 saturated carbocycles. The molecule has 112 valence electrons. The first-order valence-electron chi connectivity index (χ1n) is 7.69. The van der Waals surface area contributed by atoms with Crippen molar-refractivity contribution in [2.24, 2.45) is 0 Å². The quantitative estimate of drug-likeness (QED) is 0.765. The monoisotopic (exact) mass is 279 g/mol. The average Bonchev–Trinajstić information content (AvgIpc) is 3.20. The van der Waals surface area contributed by atoms with Gasteiger partial charge in [-0.2, -0.15) is 5.10 Å². The van der Waals surface area contributed by atoms with Crippen LogP contribution in [0.1, 0.15) is 67.9 Å². The van der Waals surface area contributed by atoms with E-state index >= 15 is 0 Å². The molecule has 2 N–H and O–H groups in total. The number of aryl methyl sites for hydroxylation is 1. The van der Waals surface area contributed by atoms with Crippen molar-refractivity contribution in [3.8, 4) is 0 Å². The lowest BCUT2D eigenvalue weighted by atomic mass is 10.1. The number of hydrogen-bond acceptors (Lipinski definition) is 3. The molecule has 2 rings (SSSR count). The molecule has 1 aromatic heterocycles. The number of aromatic nitrogens is 2. The molecule has 0 radical (unpaired) electrons. The van der Waals surface area contributed by atoms with E-state index in [0.717, 1.165) is 37.9 Å². The third-order valence-electron chi connectivity index (χ3n) is 3.76. The summed E-state index contributed by atoms with van der Waals surface area (Å²) in [5, 5.41) is 16.7. The van der Waals surface area contributed by atoms with Gasteiger partial charge in [0.1, 0.15) is 0 Å². The fourth-order valence-electron chi connectivity index (χ4n) is 2.40. The van der Waals surface area contributed by atoms with Gasteiger partial charge in [0.25, 0.3) is 5.91 Å². The van der Waals surface area contributed by atoms with Crippen molar-refractivity contribution in [3.05, 3.63) is 17.5 Å². The number of aliphatic hydroxyl groups excluding tert-OH is 1. The molecular formula is C15H25N3O2. The summed E-state index contributed by atoms with van der Waals surface area (Å²) in [6, 6.07) is 0. The highest BCUT2D eigenvalue weighted by molar-refractivity contribution is 5.95. The Balaban J connectivity index is 1.98. The second-order valence-electron chi connectivity index (χ2n) is 5.55. The fourth-order valence-corrected chi connectivity index (χ4v) is 2.40. The zero-order chi connectivity index (χ0) is 14.5. The van der Waals surface area contributed by atoms with Gasteiger partial charge in [-0.05, 0) is 32.1 Å². The molecule has 5 nitrogen and oxygen atoms in total. The molecule has 0 saturated heterocycles. The molecule has 0 spiro atoms. The van der Waals surface area contributed by atoms with Gasteiger partial charge in [-0.15, -0.1) is 0 Å². The number of carbonyl (C=O) groups excluding carboxylic acids is 1. The SMILES string of the molecule is CCCn1ncc(C(=O)NCCC(O)CC)c1C1CC1. The highest BCUT2D eigenvalue weighted by Gasteiger charge is 2.32. The molecule has 1 amide bonds. The van der Waals surface area contributed by atoms with Gasteiger partial charge in [-0.25, -0.2) is 0 Å². The molecule has 1 atom stereocenters. The van der Waals surface area contributed by atoms with Crippen molar-refractivity contribution < 1.29 is 9.90 Å². The van der Waals surface area contributed by atoms with E-state index in [2.05, 4.69) is 17.3 Å². The van der Waals surface area contributed by atoms with E-state index in [1.165, 1.54) is 0 Å². The Hall–Kier alpha value is -1.36. The van der Waals surface area contributed by atoms with E-state index in [9.17, 15) is 9.90 Å². The third-order valence-corrected chi connectivity index (χ3v) is 3.76. The normalized spacial score (nSPS) is 16.1. The maximum absolute atomic E-state index is 12.2. The van der Waals surface area contributed by atoms with Crippen molar-refractivity contribution in [2.75, 3.05) is 6.54 Å². The number of amides is 1. The van der Waals surface area contributed by atoms with E-state index in [0.29, 0.717) is 24.4 Å². The van der Waals surface area contributed by atoms with Gasteiger partial charge >= 0.3 is 0 Å². The minimum absolute atomic E-state index is 0.0578. The van der Waals surface area contributed by atoms with Crippen molar-refractivity contribution >= 4 is 5.91 Å². The lowest BCUT2D eigenvalue weighted by molar-refractivity contribution is 0.0941. The van der Waals surface area contributed by atoms with Gasteiger partial charge in [0.2, 0.25) is 0 Å². The van der Waals surface area contributed by atoms with Crippen LogP contribution in [0.3, 0.4) is 0 Å². The van der Waals surface area contributed by atoms with Gasteiger partial charge in [0.05, 0.1) is 23.6 Å². The van der Waals surface area contributed by atoms with Crippen LogP contribution in [-0.2, 0) is 6.54 Å². The van der Waals surface area contributed by atoms with Crippen LogP contribution in [0.2, 0.25) is 0 Å². The first kappa shape index (κ1) is 15.0. The van der Waals surface area contributed by atoms with E-state index in [4.69, 9.17) is 0 Å². The number of carbonyl (C=O) groups is 1. The maximum atomic E-state index is 12.2. The van der Waals surface area contributed by atoms with Gasteiger partial charge in [0, 0.05) is 19.0 Å². The second-order valence-corrected chi connectivity index (χ2v) is 5.55. The molecule has 1 heterocycles. The Labute approximate surface area is 120 Å². The Kier molecular flexibility index (Phi) is 5.17. The Morgan fingerprint density at radius 1 is 1.55 bits per heavy atom. The molecule has 1 aliphatic carbocycles. The average molecular weight is 279 g/mol. The summed E-state index contributed by atoms with van der Waals surface area (Å²) in [5.41, 5.74) is 1.81. The predicted molar refractivity (Wildman–Crippen MR) is 77.7 cm³/mol. The topological polar surface area (TPSA) is 67.2 Å². The van der Waals surface area contributed by atoms with Crippen LogP contribution in [0.5, 0.6) is 0 Å². The molecular weight excluding hydrogens is 254 g/mol. The van der Waals surface area contributed by atoms with E-state index in [1.54, 1.807) is 6.20 Å². The first-order chi connectivity index (χ1) is 9.67. The van der Waals surface area contributed by atoms with Crippen LogP contribution in [0.25, 0.3) is 0 Å². The smallest absolute Gasteiger partial charge is 0.254 e. The van der Waals surface area contributed by atoms with Crippen LogP contribution < -0.4 is 5.32 Å². The number of rotatable bonds is 8. The third kappa shape index (κ3) is 3.60. The zero-order valence-electron chi connectivity index (χ0n) is 12.4. The van der Waals surface area contributed by atoms with Gasteiger partial charge in [-0.3, -0.25) is 9.48 Å². The van der Waals surface area contributed by atoms with E-state index in [1.807, 2.05) is 11.6 Å². The molecule has 0 aromatic carbocycles. The van der Waals surface area contributed by atoms with E-state index < -0.39 is 0 Å². The standard InChI is InChI=1S/C15H25N3O2/c1-3-9-18-14(11-5-6-11)13(10-17-18)15(20)16-8-7-12(19)4-2/h10-12,19H,3-9H2,1-2H3,(H,16,20). The minimum Gasteiger partial charge on any atom is -0.393 e.